The van der Waals surface area contributed by atoms with Crippen molar-refractivity contribution in [2.24, 2.45) is 0 Å². The Labute approximate surface area is 132 Å². The number of hydrogen-bond donors (Lipinski definition) is 1. The number of nitrogens with one attached hydrogen (secondary N) is 1. The minimum absolute atomic E-state index is 0.222. The Morgan fingerprint density at radius 3 is 2.50 bits per heavy atom. The molecule has 0 heterocycles. The number of hydrogen-bond acceptors (Lipinski definition) is 5. The van der Waals surface area contributed by atoms with Crippen LogP contribution in [0.15, 0.2) is 18.2 Å². The van der Waals surface area contributed by atoms with Crippen LogP contribution in [-0.2, 0) is 14.3 Å². The molecule has 5 heteroatoms. The molecule has 0 fully saturated rings. The number of ether oxygens (including phenoxy) is 2. The molecule has 22 heavy (non-hydrogen) atoms. The van der Waals surface area contributed by atoms with E-state index in [-0.39, 0.29) is 11.9 Å². The topological polar surface area (TPSA) is 64.6 Å². The molecular formula is C17H25NO4. The number of aryl methyl sites for hydroxylation is 1. The normalized spacial score (nSPS) is 11.0. The molecule has 0 aromatic heterocycles. The molecule has 0 radical (unpaired) electrons. The summed E-state index contributed by atoms with van der Waals surface area (Å²) >= 11 is 0. The van der Waals surface area contributed by atoms with E-state index < -0.39 is 5.60 Å². The third-order valence-corrected chi connectivity index (χ3v) is 2.97. The van der Waals surface area contributed by atoms with Gasteiger partial charge in [0, 0.05) is 18.7 Å². The van der Waals surface area contributed by atoms with Gasteiger partial charge in [0.2, 0.25) is 0 Å². The molecule has 0 saturated heterocycles. The van der Waals surface area contributed by atoms with Crippen LogP contribution >= 0.6 is 0 Å². The van der Waals surface area contributed by atoms with E-state index in [1.54, 1.807) is 6.07 Å². The highest BCUT2D eigenvalue weighted by atomic mass is 16.6. The maximum Gasteiger partial charge on any atom is 0.338 e. The molecule has 0 unspecified atom stereocenters. The molecule has 1 aromatic rings. The fourth-order valence-electron chi connectivity index (χ4n) is 1.85. The van der Waals surface area contributed by atoms with Crippen LogP contribution in [-0.4, -0.2) is 31.2 Å². The van der Waals surface area contributed by atoms with Gasteiger partial charge < -0.3 is 14.8 Å². The molecule has 0 amide bonds. The Hall–Kier alpha value is -2.04. The quantitative estimate of drug-likeness (QED) is 0.645. The summed E-state index contributed by atoms with van der Waals surface area (Å²) in [5, 5.41) is 3.19. The smallest absolute Gasteiger partial charge is 0.338 e. The lowest BCUT2D eigenvalue weighted by atomic mass is 10.1. The van der Waals surface area contributed by atoms with Crippen LogP contribution in [0, 0.1) is 6.92 Å². The van der Waals surface area contributed by atoms with Crippen LogP contribution in [0.4, 0.5) is 5.69 Å². The molecule has 122 valence electrons. The summed E-state index contributed by atoms with van der Waals surface area (Å²) < 4.78 is 9.99. The van der Waals surface area contributed by atoms with Gasteiger partial charge in [0.05, 0.1) is 12.7 Å². The largest absolute Gasteiger partial charge is 0.469 e. The fraction of sp³-hybridized carbons (Fsp3) is 0.529. The van der Waals surface area contributed by atoms with E-state index in [4.69, 9.17) is 4.74 Å². The monoisotopic (exact) mass is 307 g/mol. The second-order valence-corrected chi connectivity index (χ2v) is 6.14. The molecule has 0 spiro atoms. The molecule has 5 nitrogen and oxygen atoms in total. The van der Waals surface area contributed by atoms with Gasteiger partial charge in [-0.25, -0.2) is 4.79 Å². The van der Waals surface area contributed by atoms with E-state index in [9.17, 15) is 9.59 Å². The maximum absolute atomic E-state index is 12.2. The molecule has 0 aliphatic rings. The van der Waals surface area contributed by atoms with Crippen LogP contribution in [0.2, 0.25) is 0 Å². The number of methoxy groups -OCH3 is 1. The van der Waals surface area contributed by atoms with Crippen LogP contribution in [0.3, 0.4) is 0 Å². The zero-order valence-corrected chi connectivity index (χ0v) is 14.0. The first kappa shape index (κ1) is 18.0. The van der Waals surface area contributed by atoms with Crippen LogP contribution in [0.1, 0.15) is 49.5 Å². The van der Waals surface area contributed by atoms with Crippen molar-refractivity contribution >= 4 is 17.6 Å². The average Bonchev–Trinajstić information content (AvgIpc) is 2.42. The van der Waals surface area contributed by atoms with E-state index in [0.29, 0.717) is 24.9 Å². The molecule has 0 aliphatic heterocycles. The summed E-state index contributed by atoms with van der Waals surface area (Å²) in [5.74, 6) is -0.552. The van der Waals surface area contributed by atoms with Gasteiger partial charge >= 0.3 is 11.9 Å². The van der Waals surface area contributed by atoms with E-state index in [2.05, 4.69) is 10.1 Å². The predicted octanol–water partition coefficient (Wildman–Crippen LogP) is 3.32. The van der Waals surface area contributed by atoms with Crippen LogP contribution < -0.4 is 5.32 Å². The minimum Gasteiger partial charge on any atom is -0.469 e. The number of carbonyl (C=O) groups excluding carboxylic acids is 2. The number of anilines is 1. The van der Waals surface area contributed by atoms with Crippen molar-refractivity contribution in [3.8, 4) is 0 Å². The highest BCUT2D eigenvalue weighted by Gasteiger charge is 2.19. The molecule has 0 bridgehead atoms. The van der Waals surface area contributed by atoms with Crippen LogP contribution in [0.25, 0.3) is 0 Å². The van der Waals surface area contributed by atoms with Gasteiger partial charge in [-0.1, -0.05) is 6.07 Å². The van der Waals surface area contributed by atoms with Gasteiger partial charge in [-0.2, -0.15) is 0 Å². The summed E-state index contributed by atoms with van der Waals surface area (Å²) in [6, 6.07) is 5.56. The van der Waals surface area contributed by atoms with E-state index in [0.717, 1.165) is 11.3 Å². The van der Waals surface area contributed by atoms with Crippen molar-refractivity contribution in [1.29, 1.82) is 0 Å². The van der Waals surface area contributed by atoms with E-state index in [1.807, 2.05) is 39.8 Å². The van der Waals surface area contributed by atoms with Gasteiger partial charge in [0.25, 0.3) is 0 Å². The summed E-state index contributed by atoms with van der Waals surface area (Å²) in [6.07, 6.45) is 1.04. The third kappa shape index (κ3) is 6.16. The molecular weight excluding hydrogens is 282 g/mol. The van der Waals surface area contributed by atoms with Crippen molar-refractivity contribution < 1.29 is 19.1 Å². The standard InChI is InChI=1S/C17H25NO4/c1-12-8-9-13(18-10-6-7-15(19)21-5)11-14(12)16(20)22-17(2,3)4/h8-9,11,18H,6-7,10H2,1-5H3. The Kier molecular flexibility index (Phi) is 6.40. The van der Waals surface area contributed by atoms with E-state index in [1.165, 1.54) is 7.11 Å². The Morgan fingerprint density at radius 2 is 1.91 bits per heavy atom. The first-order chi connectivity index (χ1) is 10.2. The Morgan fingerprint density at radius 1 is 1.23 bits per heavy atom. The van der Waals surface area contributed by atoms with Gasteiger partial charge in [-0.15, -0.1) is 0 Å². The zero-order valence-electron chi connectivity index (χ0n) is 14.0. The first-order valence-electron chi connectivity index (χ1n) is 7.37. The molecule has 1 aromatic carbocycles. The summed E-state index contributed by atoms with van der Waals surface area (Å²) in [7, 11) is 1.38. The van der Waals surface area contributed by atoms with Crippen molar-refractivity contribution in [1.82, 2.24) is 0 Å². The maximum atomic E-state index is 12.2. The first-order valence-corrected chi connectivity index (χ1v) is 7.37. The Bertz CT molecular complexity index is 532. The number of carbonyl (C=O) groups is 2. The Balaban J connectivity index is 2.65. The van der Waals surface area contributed by atoms with Crippen LogP contribution in [0.5, 0.6) is 0 Å². The lowest BCUT2D eigenvalue weighted by Gasteiger charge is -2.20. The second kappa shape index (κ2) is 7.82. The van der Waals surface area contributed by atoms with Crippen molar-refractivity contribution in [2.45, 2.75) is 46.1 Å². The fourth-order valence-corrected chi connectivity index (χ4v) is 1.85. The summed E-state index contributed by atoms with van der Waals surface area (Å²) in [6.45, 7) is 8.03. The summed E-state index contributed by atoms with van der Waals surface area (Å²) in [5.41, 5.74) is 1.73. The molecule has 0 saturated carbocycles. The summed E-state index contributed by atoms with van der Waals surface area (Å²) in [4.78, 5) is 23.2. The minimum atomic E-state index is -0.520. The molecule has 0 aliphatic carbocycles. The van der Waals surface area contributed by atoms with Gasteiger partial charge in [0.15, 0.2) is 0 Å². The van der Waals surface area contributed by atoms with Gasteiger partial charge in [-0.3, -0.25) is 4.79 Å². The lowest BCUT2D eigenvalue weighted by molar-refractivity contribution is -0.140. The highest BCUT2D eigenvalue weighted by molar-refractivity contribution is 5.92. The van der Waals surface area contributed by atoms with Crippen molar-refractivity contribution in [2.75, 3.05) is 19.0 Å². The molecule has 0 atom stereocenters. The predicted molar refractivity (Wildman–Crippen MR) is 86.1 cm³/mol. The third-order valence-electron chi connectivity index (χ3n) is 2.97. The highest BCUT2D eigenvalue weighted by Crippen LogP contribution is 2.19. The van der Waals surface area contributed by atoms with Crippen molar-refractivity contribution in [3.63, 3.8) is 0 Å². The SMILES string of the molecule is COC(=O)CCCNc1ccc(C)c(C(=O)OC(C)(C)C)c1. The number of rotatable bonds is 6. The molecule has 1 rings (SSSR count). The number of benzene rings is 1. The van der Waals surface area contributed by atoms with Gasteiger partial charge in [0.1, 0.15) is 5.60 Å². The average molecular weight is 307 g/mol. The number of esters is 2. The second-order valence-electron chi connectivity index (χ2n) is 6.14. The zero-order chi connectivity index (χ0) is 16.8. The van der Waals surface area contributed by atoms with Gasteiger partial charge in [-0.05, 0) is 51.8 Å². The lowest BCUT2D eigenvalue weighted by Crippen LogP contribution is -2.24. The molecule has 1 N–H and O–H groups in total. The van der Waals surface area contributed by atoms with Crippen molar-refractivity contribution in [3.05, 3.63) is 29.3 Å². The van der Waals surface area contributed by atoms with E-state index >= 15 is 0 Å².